The van der Waals surface area contributed by atoms with Gasteiger partial charge in [-0.15, -0.1) is 0 Å². The van der Waals surface area contributed by atoms with Gasteiger partial charge in [0.05, 0.1) is 0 Å². The van der Waals surface area contributed by atoms with Crippen molar-refractivity contribution in [1.29, 1.82) is 0 Å². The minimum atomic E-state index is -0.812. The number of halogens is 1. The zero-order valence-electron chi connectivity index (χ0n) is 9.21. The van der Waals surface area contributed by atoms with Gasteiger partial charge in [0.25, 0.3) is 0 Å². The highest BCUT2D eigenvalue weighted by Crippen LogP contribution is 2.14. The first kappa shape index (κ1) is 13.1. The number of hydrogen-bond acceptors (Lipinski definition) is 3. The van der Waals surface area contributed by atoms with E-state index in [9.17, 15) is 9.59 Å². The van der Waals surface area contributed by atoms with Gasteiger partial charge in [-0.25, -0.2) is 0 Å². The van der Waals surface area contributed by atoms with Crippen molar-refractivity contribution in [3.8, 4) is 0 Å². The largest absolute Gasteiger partial charge is 0.327 e. The number of anilines is 1. The number of benzene rings is 1. The maximum Gasteiger partial charge on any atom is 0.327 e. The van der Waals surface area contributed by atoms with Crippen LogP contribution in [-0.4, -0.2) is 11.8 Å². The second kappa shape index (κ2) is 5.91. The van der Waals surface area contributed by atoms with Gasteiger partial charge in [-0.05, 0) is 25.1 Å². The van der Waals surface area contributed by atoms with Crippen LogP contribution in [0.25, 0.3) is 0 Å². The third kappa shape index (κ3) is 4.56. The van der Waals surface area contributed by atoms with Crippen LogP contribution < -0.4 is 16.2 Å². The fourth-order valence-corrected chi connectivity index (χ4v) is 1.16. The SMILES string of the molecule is C=C(C)NNC(=O)C(=O)Nc1cccc(Cl)c1. The summed E-state index contributed by atoms with van der Waals surface area (Å²) in [6.07, 6.45) is 0. The van der Waals surface area contributed by atoms with Crippen molar-refractivity contribution in [2.45, 2.75) is 6.92 Å². The van der Waals surface area contributed by atoms with Crippen molar-refractivity contribution in [2.75, 3.05) is 5.32 Å². The molecule has 0 unspecified atom stereocenters. The highest BCUT2D eigenvalue weighted by Gasteiger charge is 2.12. The quantitative estimate of drug-likeness (QED) is 0.564. The molecule has 0 fully saturated rings. The molecule has 0 aliphatic carbocycles. The number of amides is 2. The molecule has 5 nitrogen and oxygen atoms in total. The van der Waals surface area contributed by atoms with Gasteiger partial charge in [-0.3, -0.25) is 15.0 Å². The van der Waals surface area contributed by atoms with Gasteiger partial charge in [0.1, 0.15) is 0 Å². The first-order valence-corrected chi connectivity index (χ1v) is 5.15. The fourth-order valence-electron chi connectivity index (χ4n) is 0.974. The molecular formula is C11H12ClN3O2. The molecule has 0 aromatic heterocycles. The lowest BCUT2D eigenvalue weighted by Crippen LogP contribution is -2.42. The average molecular weight is 254 g/mol. The molecule has 6 heteroatoms. The molecule has 0 bridgehead atoms. The molecule has 1 aromatic carbocycles. The number of carbonyl (C=O) groups is 2. The van der Waals surface area contributed by atoms with Crippen molar-refractivity contribution in [3.05, 3.63) is 41.6 Å². The molecule has 0 atom stereocenters. The first-order valence-electron chi connectivity index (χ1n) is 4.77. The second-order valence-corrected chi connectivity index (χ2v) is 3.76. The van der Waals surface area contributed by atoms with E-state index in [1.807, 2.05) is 0 Å². The maximum absolute atomic E-state index is 11.4. The van der Waals surface area contributed by atoms with Crippen molar-refractivity contribution < 1.29 is 9.59 Å². The Morgan fingerprint density at radius 3 is 2.53 bits per heavy atom. The third-order valence-corrected chi connectivity index (χ3v) is 1.91. The normalized spacial score (nSPS) is 9.29. The van der Waals surface area contributed by atoms with Gasteiger partial charge in [0, 0.05) is 16.4 Å². The number of nitrogens with one attached hydrogen (secondary N) is 3. The maximum atomic E-state index is 11.4. The summed E-state index contributed by atoms with van der Waals surface area (Å²) in [5.74, 6) is -1.60. The predicted molar refractivity (Wildman–Crippen MR) is 66.2 cm³/mol. The van der Waals surface area contributed by atoms with Gasteiger partial charge >= 0.3 is 11.8 Å². The molecule has 2 amide bonds. The topological polar surface area (TPSA) is 70.2 Å². The van der Waals surface area contributed by atoms with E-state index >= 15 is 0 Å². The smallest absolute Gasteiger partial charge is 0.318 e. The Morgan fingerprint density at radius 1 is 1.24 bits per heavy atom. The van der Waals surface area contributed by atoms with Gasteiger partial charge in [-0.2, -0.15) is 0 Å². The van der Waals surface area contributed by atoms with E-state index in [1.54, 1.807) is 31.2 Å². The molecular weight excluding hydrogens is 242 g/mol. The lowest BCUT2D eigenvalue weighted by atomic mass is 10.3. The van der Waals surface area contributed by atoms with E-state index in [1.165, 1.54) is 0 Å². The summed E-state index contributed by atoms with van der Waals surface area (Å²) >= 11 is 5.73. The van der Waals surface area contributed by atoms with E-state index in [2.05, 4.69) is 22.7 Å². The molecule has 0 heterocycles. The summed E-state index contributed by atoms with van der Waals surface area (Å²) in [6, 6.07) is 6.50. The molecule has 0 saturated heterocycles. The monoisotopic (exact) mass is 253 g/mol. The molecule has 1 rings (SSSR count). The molecule has 0 saturated carbocycles. The van der Waals surface area contributed by atoms with Crippen molar-refractivity contribution >= 4 is 29.1 Å². The number of carbonyl (C=O) groups excluding carboxylic acids is 2. The zero-order chi connectivity index (χ0) is 12.8. The van der Waals surface area contributed by atoms with Crippen LogP contribution >= 0.6 is 11.6 Å². The molecule has 3 N–H and O–H groups in total. The van der Waals surface area contributed by atoms with Crippen LogP contribution in [0.3, 0.4) is 0 Å². The third-order valence-electron chi connectivity index (χ3n) is 1.68. The minimum absolute atomic E-state index is 0.452. The van der Waals surface area contributed by atoms with Crippen molar-refractivity contribution in [1.82, 2.24) is 10.9 Å². The number of rotatable bonds is 3. The van der Waals surface area contributed by atoms with Gasteiger partial charge in [0.15, 0.2) is 0 Å². The van der Waals surface area contributed by atoms with E-state index in [0.717, 1.165) is 0 Å². The number of hydrogen-bond donors (Lipinski definition) is 3. The molecule has 1 aromatic rings. The summed E-state index contributed by atoms with van der Waals surface area (Å²) in [4.78, 5) is 22.7. The fraction of sp³-hybridized carbons (Fsp3) is 0.0909. The lowest BCUT2D eigenvalue weighted by molar-refractivity contribution is -0.136. The Morgan fingerprint density at radius 2 is 1.94 bits per heavy atom. The van der Waals surface area contributed by atoms with E-state index in [0.29, 0.717) is 16.4 Å². The summed E-state index contributed by atoms with van der Waals surface area (Å²) in [5, 5.41) is 2.88. The summed E-state index contributed by atoms with van der Waals surface area (Å²) < 4.78 is 0. The Balaban J connectivity index is 2.54. The second-order valence-electron chi connectivity index (χ2n) is 3.32. The molecule has 0 aliphatic rings. The molecule has 0 spiro atoms. The predicted octanol–water partition coefficient (Wildman–Crippen LogP) is 1.43. The zero-order valence-corrected chi connectivity index (χ0v) is 9.97. The Kier molecular flexibility index (Phi) is 4.54. The molecule has 0 aliphatic heterocycles. The Labute approximate surface area is 104 Å². The highest BCUT2D eigenvalue weighted by atomic mass is 35.5. The van der Waals surface area contributed by atoms with E-state index in [-0.39, 0.29) is 0 Å². The van der Waals surface area contributed by atoms with E-state index < -0.39 is 11.8 Å². The van der Waals surface area contributed by atoms with Crippen molar-refractivity contribution in [3.63, 3.8) is 0 Å². The van der Waals surface area contributed by atoms with Gasteiger partial charge < -0.3 is 10.7 Å². The Hall–Kier alpha value is -2.01. The van der Waals surface area contributed by atoms with Crippen LogP contribution in [0.5, 0.6) is 0 Å². The Bertz CT molecular complexity index is 460. The van der Waals surface area contributed by atoms with Gasteiger partial charge in [-0.1, -0.05) is 24.2 Å². The number of allylic oxidation sites excluding steroid dienone is 1. The van der Waals surface area contributed by atoms with Crippen LogP contribution in [0.2, 0.25) is 5.02 Å². The average Bonchev–Trinajstić information content (AvgIpc) is 2.25. The summed E-state index contributed by atoms with van der Waals surface area (Å²) in [6.45, 7) is 5.15. The van der Waals surface area contributed by atoms with Crippen LogP contribution in [0.15, 0.2) is 36.5 Å². The molecule has 0 radical (unpaired) electrons. The van der Waals surface area contributed by atoms with Crippen LogP contribution in [0.1, 0.15) is 6.92 Å². The standard InChI is InChI=1S/C11H12ClN3O2/c1-7(2)14-15-11(17)10(16)13-9-5-3-4-8(12)6-9/h3-6,14H,1H2,2H3,(H,13,16)(H,15,17). The van der Waals surface area contributed by atoms with Gasteiger partial charge in [0.2, 0.25) is 0 Å². The highest BCUT2D eigenvalue weighted by molar-refractivity contribution is 6.39. The van der Waals surface area contributed by atoms with Crippen LogP contribution in [-0.2, 0) is 9.59 Å². The summed E-state index contributed by atoms with van der Waals surface area (Å²) in [5.41, 5.74) is 5.60. The molecule has 17 heavy (non-hydrogen) atoms. The lowest BCUT2D eigenvalue weighted by Gasteiger charge is -2.08. The van der Waals surface area contributed by atoms with Crippen LogP contribution in [0.4, 0.5) is 5.69 Å². The number of hydrazine groups is 1. The van der Waals surface area contributed by atoms with E-state index in [4.69, 9.17) is 11.6 Å². The van der Waals surface area contributed by atoms with Crippen molar-refractivity contribution in [2.24, 2.45) is 0 Å². The molecule has 90 valence electrons. The first-order chi connectivity index (χ1) is 7.99. The minimum Gasteiger partial charge on any atom is -0.318 e. The van der Waals surface area contributed by atoms with Crippen LogP contribution in [0, 0.1) is 0 Å². The summed E-state index contributed by atoms with van der Waals surface area (Å²) in [7, 11) is 0.